The van der Waals surface area contributed by atoms with Gasteiger partial charge in [0.05, 0.1) is 5.69 Å². The van der Waals surface area contributed by atoms with E-state index in [-0.39, 0.29) is 5.91 Å². The van der Waals surface area contributed by atoms with E-state index in [1.165, 1.54) is 0 Å². The summed E-state index contributed by atoms with van der Waals surface area (Å²) < 4.78 is 0. The van der Waals surface area contributed by atoms with Crippen LogP contribution in [0.3, 0.4) is 0 Å². The number of piperidine rings is 1. The molecule has 1 amide bonds. The lowest BCUT2D eigenvalue weighted by Gasteiger charge is -2.32. The number of pyridine rings is 1. The molecule has 0 saturated carbocycles. The van der Waals surface area contributed by atoms with Gasteiger partial charge >= 0.3 is 0 Å². The van der Waals surface area contributed by atoms with Crippen molar-refractivity contribution in [1.29, 1.82) is 0 Å². The van der Waals surface area contributed by atoms with Crippen molar-refractivity contribution in [1.82, 2.24) is 19.9 Å². The lowest BCUT2D eigenvalue weighted by atomic mass is 9.92. The molecule has 0 atom stereocenters. The van der Waals surface area contributed by atoms with Gasteiger partial charge in [-0.1, -0.05) is 0 Å². The van der Waals surface area contributed by atoms with Gasteiger partial charge in [0.1, 0.15) is 0 Å². The van der Waals surface area contributed by atoms with Crippen LogP contribution in [0.4, 0.5) is 0 Å². The maximum Gasteiger partial charge on any atom is 0.253 e. The Morgan fingerprint density at radius 3 is 2.52 bits per heavy atom. The van der Waals surface area contributed by atoms with Crippen molar-refractivity contribution in [2.24, 2.45) is 5.92 Å². The SMILES string of the molecule is O=C(c1ccncc1)N1CCC(Cc2cnccn2)CC1. The number of carbonyl (C=O) groups excluding carboxylic acids is 1. The third-order valence-electron chi connectivity index (χ3n) is 3.94. The quantitative estimate of drug-likeness (QED) is 0.863. The number of aromatic nitrogens is 3. The monoisotopic (exact) mass is 282 g/mol. The first-order chi connectivity index (χ1) is 10.3. The summed E-state index contributed by atoms with van der Waals surface area (Å²) in [6, 6.07) is 3.54. The van der Waals surface area contributed by atoms with E-state index in [0.29, 0.717) is 5.92 Å². The highest BCUT2D eigenvalue weighted by Crippen LogP contribution is 2.21. The van der Waals surface area contributed by atoms with Crippen LogP contribution in [0.15, 0.2) is 43.1 Å². The molecule has 3 heterocycles. The van der Waals surface area contributed by atoms with Gasteiger partial charge in [-0.15, -0.1) is 0 Å². The molecule has 0 bridgehead atoms. The summed E-state index contributed by atoms with van der Waals surface area (Å²) in [7, 11) is 0. The van der Waals surface area contributed by atoms with E-state index in [9.17, 15) is 4.79 Å². The summed E-state index contributed by atoms with van der Waals surface area (Å²) in [5.74, 6) is 0.693. The zero-order valence-electron chi connectivity index (χ0n) is 11.9. The topological polar surface area (TPSA) is 59.0 Å². The van der Waals surface area contributed by atoms with E-state index in [2.05, 4.69) is 15.0 Å². The standard InChI is InChI=1S/C16H18N4O/c21-16(14-1-5-17-6-2-14)20-9-3-13(4-10-20)11-15-12-18-7-8-19-15/h1-2,5-8,12-13H,3-4,9-11H2. The third-order valence-corrected chi connectivity index (χ3v) is 3.94. The summed E-state index contributed by atoms with van der Waals surface area (Å²) in [4.78, 5) is 26.6. The fourth-order valence-corrected chi connectivity index (χ4v) is 2.75. The van der Waals surface area contributed by atoms with Crippen molar-refractivity contribution in [3.63, 3.8) is 0 Å². The predicted octanol–water partition coefficient (Wildman–Crippen LogP) is 1.97. The molecule has 0 aromatic carbocycles. The van der Waals surface area contributed by atoms with E-state index in [0.717, 1.165) is 43.6 Å². The summed E-state index contributed by atoms with van der Waals surface area (Å²) in [6.07, 6.45) is 11.6. The zero-order chi connectivity index (χ0) is 14.5. The Labute approximate surface area is 124 Å². The van der Waals surface area contributed by atoms with Gasteiger partial charge in [-0.2, -0.15) is 0 Å². The molecule has 0 unspecified atom stereocenters. The molecule has 0 radical (unpaired) electrons. The average molecular weight is 282 g/mol. The first kappa shape index (κ1) is 13.7. The number of hydrogen-bond donors (Lipinski definition) is 0. The second-order valence-electron chi connectivity index (χ2n) is 5.37. The fourth-order valence-electron chi connectivity index (χ4n) is 2.75. The fraction of sp³-hybridized carbons (Fsp3) is 0.375. The highest BCUT2D eigenvalue weighted by Gasteiger charge is 2.23. The molecule has 1 fully saturated rings. The van der Waals surface area contributed by atoms with Gasteiger partial charge < -0.3 is 4.90 Å². The lowest BCUT2D eigenvalue weighted by Crippen LogP contribution is -2.39. The van der Waals surface area contributed by atoms with Gasteiger partial charge in [0.15, 0.2) is 0 Å². The minimum Gasteiger partial charge on any atom is -0.339 e. The number of likely N-dealkylation sites (tertiary alicyclic amines) is 1. The van der Waals surface area contributed by atoms with Crippen molar-refractivity contribution in [2.75, 3.05) is 13.1 Å². The lowest BCUT2D eigenvalue weighted by molar-refractivity contribution is 0.0690. The molecule has 0 aliphatic carbocycles. The molecular formula is C16H18N4O. The van der Waals surface area contributed by atoms with E-state index >= 15 is 0 Å². The van der Waals surface area contributed by atoms with Crippen LogP contribution in [0.25, 0.3) is 0 Å². The van der Waals surface area contributed by atoms with Crippen LogP contribution in [0.2, 0.25) is 0 Å². The van der Waals surface area contributed by atoms with Crippen LogP contribution in [-0.2, 0) is 6.42 Å². The average Bonchev–Trinajstić information content (AvgIpc) is 2.57. The molecule has 2 aromatic heterocycles. The van der Waals surface area contributed by atoms with Gasteiger partial charge in [-0.25, -0.2) is 0 Å². The second-order valence-corrected chi connectivity index (χ2v) is 5.37. The molecule has 108 valence electrons. The molecule has 3 rings (SSSR count). The predicted molar refractivity (Wildman–Crippen MR) is 78.6 cm³/mol. The number of carbonyl (C=O) groups is 1. The highest BCUT2D eigenvalue weighted by atomic mass is 16.2. The van der Waals surface area contributed by atoms with Crippen molar-refractivity contribution < 1.29 is 4.79 Å². The van der Waals surface area contributed by atoms with E-state index in [1.54, 1.807) is 36.9 Å². The van der Waals surface area contributed by atoms with Gasteiger partial charge in [0.25, 0.3) is 5.91 Å². The molecule has 1 aliphatic heterocycles. The Balaban J connectivity index is 1.54. The summed E-state index contributed by atoms with van der Waals surface area (Å²) >= 11 is 0. The number of rotatable bonds is 3. The first-order valence-electron chi connectivity index (χ1n) is 7.27. The van der Waals surface area contributed by atoms with Crippen molar-refractivity contribution in [3.8, 4) is 0 Å². The van der Waals surface area contributed by atoms with Crippen LogP contribution in [0.1, 0.15) is 28.9 Å². The third kappa shape index (κ3) is 3.42. The van der Waals surface area contributed by atoms with Crippen molar-refractivity contribution >= 4 is 5.91 Å². The Kier molecular flexibility index (Phi) is 4.19. The maximum atomic E-state index is 12.3. The van der Waals surface area contributed by atoms with Crippen molar-refractivity contribution in [3.05, 3.63) is 54.4 Å². The van der Waals surface area contributed by atoms with Crippen LogP contribution >= 0.6 is 0 Å². The van der Waals surface area contributed by atoms with Gasteiger partial charge in [-0.05, 0) is 37.3 Å². The normalized spacial score (nSPS) is 15.9. The minimum atomic E-state index is 0.107. The summed E-state index contributed by atoms with van der Waals surface area (Å²) in [5.41, 5.74) is 1.76. The molecule has 5 heteroatoms. The molecule has 2 aromatic rings. The Bertz CT molecular complexity index is 580. The van der Waals surface area contributed by atoms with Crippen LogP contribution in [0, 0.1) is 5.92 Å². The van der Waals surface area contributed by atoms with E-state index in [4.69, 9.17) is 0 Å². The molecule has 0 N–H and O–H groups in total. The first-order valence-corrected chi connectivity index (χ1v) is 7.27. The van der Waals surface area contributed by atoms with E-state index < -0.39 is 0 Å². The van der Waals surface area contributed by atoms with Crippen LogP contribution < -0.4 is 0 Å². The molecule has 1 saturated heterocycles. The van der Waals surface area contributed by atoms with Gasteiger partial charge in [0.2, 0.25) is 0 Å². The smallest absolute Gasteiger partial charge is 0.253 e. The van der Waals surface area contributed by atoms with Crippen molar-refractivity contribution in [2.45, 2.75) is 19.3 Å². The largest absolute Gasteiger partial charge is 0.339 e. The summed E-state index contributed by atoms with van der Waals surface area (Å²) in [5, 5.41) is 0. The Hall–Kier alpha value is -2.30. The Morgan fingerprint density at radius 1 is 1.10 bits per heavy atom. The highest BCUT2D eigenvalue weighted by molar-refractivity contribution is 5.94. The minimum absolute atomic E-state index is 0.107. The molecule has 21 heavy (non-hydrogen) atoms. The van der Waals surface area contributed by atoms with Crippen LogP contribution in [-0.4, -0.2) is 38.8 Å². The number of amides is 1. The number of nitrogens with zero attached hydrogens (tertiary/aromatic N) is 4. The molecule has 1 aliphatic rings. The van der Waals surface area contributed by atoms with E-state index in [1.807, 2.05) is 11.1 Å². The molecular weight excluding hydrogens is 264 g/mol. The zero-order valence-corrected chi connectivity index (χ0v) is 11.9. The van der Waals surface area contributed by atoms with Gasteiger partial charge in [-0.3, -0.25) is 19.7 Å². The Morgan fingerprint density at radius 2 is 1.86 bits per heavy atom. The van der Waals surface area contributed by atoms with Gasteiger partial charge in [0, 0.05) is 49.6 Å². The molecule has 0 spiro atoms. The summed E-state index contributed by atoms with van der Waals surface area (Å²) in [6.45, 7) is 1.62. The second kappa shape index (κ2) is 6.43. The number of hydrogen-bond acceptors (Lipinski definition) is 4. The maximum absolute atomic E-state index is 12.3. The van der Waals surface area contributed by atoms with Crippen LogP contribution in [0.5, 0.6) is 0 Å². The molecule has 5 nitrogen and oxygen atoms in total.